The smallest absolute Gasteiger partial charge is 0.00169 e. The second-order valence-electron chi connectivity index (χ2n) is 6.50. The summed E-state index contributed by atoms with van der Waals surface area (Å²) in [5.41, 5.74) is 11.0. The summed E-state index contributed by atoms with van der Waals surface area (Å²) < 4.78 is 0. The second-order valence-corrected chi connectivity index (χ2v) is 6.50. The van der Waals surface area contributed by atoms with E-state index in [9.17, 15) is 0 Å². The third-order valence-electron chi connectivity index (χ3n) is 4.88. The highest BCUT2D eigenvalue weighted by molar-refractivity contribution is 5.71. The lowest BCUT2D eigenvalue weighted by molar-refractivity contribution is 1.12. The van der Waals surface area contributed by atoms with Gasteiger partial charge in [0.05, 0.1) is 0 Å². The molecule has 3 aromatic rings. The SMILES string of the molecule is Cc1ccc(Cc2c(-c3ccccc3)cc(C)c(C)c2C)cc1. The summed E-state index contributed by atoms with van der Waals surface area (Å²) in [5, 5.41) is 0. The molecule has 0 spiro atoms. The summed E-state index contributed by atoms with van der Waals surface area (Å²) in [6.07, 6.45) is 0.984. The van der Waals surface area contributed by atoms with E-state index in [1.54, 1.807) is 0 Å². The molecular weight excluding hydrogens is 276 g/mol. The molecule has 3 rings (SSSR count). The predicted molar refractivity (Wildman–Crippen MR) is 100 cm³/mol. The molecule has 0 unspecified atom stereocenters. The summed E-state index contributed by atoms with van der Waals surface area (Å²) in [6.45, 7) is 8.85. The molecule has 0 radical (unpaired) electrons. The van der Waals surface area contributed by atoms with E-state index in [-0.39, 0.29) is 0 Å². The first-order valence-electron chi connectivity index (χ1n) is 8.27. The molecule has 0 aliphatic heterocycles. The number of benzene rings is 3. The van der Waals surface area contributed by atoms with Crippen molar-refractivity contribution in [3.05, 3.63) is 94.0 Å². The first-order chi connectivity index (χ1) is 11.1. The van der Waals surface area contributed by atoms with Gasteiger partial charge in [-0.2, -0.15) is 0 Å². The van der Waals surface area contributed by atoms with Gasteiger partial charge in [-0.25, -0.2) is 0 Å². The average Bonchev–Trinajstić information content (AvgIpc) is 2.58. The van der Waals surface area contributed by atoms with Gasteiger partial charge >= 0.3 is 0 Å². The summed E-state index contributed by atoms with van der Waals surface area (Å²) >= 11 is 0. The van der Waals surface area contributed by atoms with Crippen molar-refractivity contribution in [2.24, 2.45) is 0 Å². The Hall–Kier alpha value is -2.34. The Morgan fingerprint density at radius 1 is 0.696 bits per heavy atom. The maximum Gasteiger partial charge on any atom is -0.00169 e. The van der Waals surface area contributed by atoms with Crippen molar-refractivity contribution in [2.45, 2.75) is 34.1 Å². The van der Waals surface area contributed by atoms with Crippen LogP contribution in [0.2, 0.25) is 0 Å². The van der Waals surface area contributed by atoms with Crippen molar-refractivity contribution in [3.63, 3.8) is 0 Å². The summed E-state index contributed by atoms with van der Waals surface area (Å²) in [5.74, 6) is 0. The van der Waals surface area contributed by atoms with Crippen LogP contribution in [0.5, 0.6) is 0 Å². The van der Waals surface area contributed by atoms with Gasteiger partial charge in [0, 0.05) is 0 Å². The van der Waals surface area contributed by atoms with E-state index in [0.717, 1.165) is 6.42 Å². The lowest BCUT2D eigenvalue weighted by Gasteiger charge is -2.18. The minimum Gasteiger partial charge on any atom is -0.0622 e. The maximum atomic E-state index is 2.35. The molecule has 0 N–H and O–H groups in total. The van der Waals surface area contributed by atoms with Crippen LogP contribution < -0.4 is 0 Å². The molecule has 0 aliphatic rings. The molecule has 0 heterocycles. The minimum absolute atomic E-state index is 0.984. The van der Waals surface area contributed by atoms with E-state index >= 15 is 0 Å². The third-order valence-corrected chi connectivity index (χ3v) is 4.88. The summed E-state index contributed by atoms with van der Waals surface area (Å²) in [4.78, 5) is 0. The predicted octanol–water partition coefficient (Wildman–Crippen LogP) is 6.18. The van der Waals surface area contributed by atoms with Crippen LogP contribution in [0.1, 0.15) is 33.4 Å². The molecular formula is C23H24. The van der Waals surface area contributed by atoms with Crippen LogP contribution in [0.3, 0.4) is 0 Å². The molecule has 116 valence electrons. The van der Waals surface area contributed by atoms with Crippen molar-refractivity contribution in [3.8, 4) is 11.1 Å². The first kappa shape index (κ1) is 15.6. The van der Waals surface area contributed by atoms with E-state index in [4.69, 9.17) is 0 Å². The van der Waals surface area contributed by atoms with E-state index < -0.39 is 0 Å². The Bertz CT molecular complexity index is 809. The normalized spacial score (nSPS) is 10.8. The topological polar surface area (TPSA) is 0 Å². The summed E-state index contributed by atoms with van der Waals surface area (Å²) in [6, 6.07) is 22.0. The van der Waals surface area contributed by atoms with Gasteiger partial charge in [0.15, 0.2) is 0 Å². The first-order valence-corrected chi connectivity index (χ1v) is 8.27. The number of rotatable bonds is 3. The maximum absolute atomic E-state index is 2.35. The van der Waals surface area contributed by atoms with Crippen LogP contribution in [-0.2, 0) is 6.42 Å². The Morgan fingerprint density at radius 2 is 1.35 bits per heavy atom. The van der Waals surface area contributed by atoms with Crippen molar-refractivity contribution in [2.75, 3.05) is 0 Å². The van der Waals surface area contributed by atoms with Gasteiger partial charge in [0.2, 0.25) is 0 Å². The highest BCUT2D eigenvalue weighted by Crippen LogP contribution is 2.32. The Balaban J connectivity index is 2.14. The monoisotopic (exact) mass is 300 g/mol. The third kappa shape index (κ3) is 3.22. The van der Waals surface area contributed by atoms with Gasteiger partial charge < -0.3 is 0 Å². The van der Waals surface area contributed by atoms with Crippen molar-refractivity contribution >= 4 is 0 Å². The zero-order valence-corrected chi connectivity index (χ0v) is 14.5. The molecule has 0 amide bonds. The quantitative estimate of drug-likeness (QED) is 0.542. The molecule has 0 atom stereocenters. The molecule has 0 aromatic heterocycles. The average molecular weight is 300 g/mol. The van der Waals surface area contributed by atoms with E-state index in [2.05, 4.69) is 88.4 Å². The van der Waals surface area contributed by atoms with Crippen LogP contribution in [0.25, 0.3) is 11.1 Å². The lowest BCUT2D eigenvalue weighted by atomic mass is 9.87. The van der Waals surface area contributed by atoms with Gasteiger partial charge in [-0.15, -0.1) is 0 Å². The standard InChI is InChI=1S/C23H24/c1-16-10-12-20(13-11-16)15-22-19(4)18(3)17(2)14-23(22)21-8-6-5-7-9-21/h5-14H,15H2,1-4H3. The molecule has 0 nitrogen and oxygen atoms in total. The van der Waals surface area contributed by atoms with E-state index in [1.807, 2.05) is 0 Å². The number of hydrogen-bond acceptors (Lipinski definition) is 0. The fourth-order valence-corrected chi connectivity index (χ4v) is 3.15. The molecule has 0 bridgehead atoms. The molecule has 3 aromatic carbocycles. The Kier molecular flexibility index (Phi) is 4.34. The van der Waals surface area contributed by atoms with Crippen molar-refractivity contribution in [1.82, 2.24) is 0 Å². The van der Waals surface area contributed by atoms with Gasteiger partial charge in [0.25, 0.3) is 0 Å². The zero-order chi connectivity index (χ0) is 16.4. The van der Waals surface area contributed by atoms with Gasteiger partial charge in [-0.3, -0.25) is 0 Å². The van der Waals surface area contributed by atoms with E-state index in [0.29, 0.717) is 0 Å². The zero-order valence-electron chi connectivity index (χ0n) is 14.5. The molecule has 0 fully saturated rings. The molecule has 23 heavy (non-hydrogen) atoms. The second kappa shape index (κ2) is 6.42. The minimum atomic E-state index is 0.984. The highest BCUT2D eigenvalue weighted by atomic mass is 14.2. The van der Waals surface area contributed by atoms with Gasteiger partial charge in [0.1, 0.15) is 0 Å². The van der Waals surface area contributed by atoms with Crippen LogP contribution in [-0.4, -0.2) is 0 Å². The van der Waals surface area contributed by atoms with Crippen LogP contribution in [0.4, 0.5) is 0 Å². The Morgan fingerprint density at radius 3 is 2.00 bits per heavy atom. The molecule has 0 heteroatoms. The van der Waals surface area contributed by atoms with Crippen LogP contribution in [0.15, 0.2) is 60.7 Å². The largest absolute Gasteiger partial charge is 0.0622 e. The van der Waals surface area contributed by atoms with Gasteiger partial charge in [-0.05, 0) is 73.1 Å². The molecule has 0 saturated heterocycles. The van der Waals surface area contributed by atoms with E-state index in [1.165, 1.54) is 44.5 Å². The van der Waals surface area contributed by atoms with Gasteiger partial charge in [-0.1, -0.05) is 66.2 Å². The fourth-order valence-electron chi connectivity index (χ4n) is 3.15. The fraction of sp³-hybridized carbons (Fsp3) is 0.217. The highest BCUT2D eigenvalue weighted by Gasteiger charge is 2.13. The van der Waals surface area contributed by atoms with Crippen molar-refractivity contribution in [1.29, 1.82) is 0 Å². The molecule has 0 saturated carbocycles. The number of hydrogen-bond donors (Lipinski definition) is 0. The Labute approximate surface area is 139 Å². The lowest BCUT2D eigenvalue weighted by Crippen LogP contribution is -2.00. The summed E-state index contributed by atoms with van der Waals surface area (Å²) in [7, 11) is 0. The van der Waals surface area contributed by atoms with Crippen molar-refractivity contribution < 1.29 is 0 Å². The van der Waals surface area contributed by atoms with Crippen LogP contribution in [0, 0.1) is 27.7 Å². The molecule has 0 aliphatic carbocycles. The number of aryl methyl sites for hydroxylation is 2. The van der Waals surface area contributed by atoms with Crippen LogP contribution >= 0.6 is 0 Å².